The highest BCUT2D eigenvalue weighted by Gasteiger charge is 2.25. The van der Waals surface area contributed by atoms with Gasteiger partial charge in [0.05, 0.1) is 9.50 Å². The summed E-state index contributed by atoms with van der Waals surface area (Å²) in [6.45, 7) is 9.94. The van der Waals surface area contributed by atoms with Crippen molar-refractivity contribution in [1.82, 2.24) is 10.2 Å². The molecule has 0 aromatic heterocycles. The SMILES string of the molecule is C=C(C)C[C@@H](c1ccc(Cl)c(Br)c1O)N1CCNCC1. The molecular weight excluding hydrogens is 340 g/mol. The minimum Gasteiger partial charge on any atom is -0.506 e. The van der Waals surface area contributed by atoms with Gasteiger partial charge in [0.2, 0.25) is 0 Å². The summed E-state index contributed by atoms with van der Waals surface area (Å²) in [5, 5.41) is 14.3. The Kier molecular flexibility index (Phi) is 5.49. The highest BCUT2D eigenvalue weighted by molar-refractivity contribution is 9.10. The highest BCUT2D eigenvalue weighted by Crippen LogP contribution is 2.40. The van der Waals surface area contributed by atoms with Gasteiger partial charge in [-0.2, -0.15) is 0 Å². The zero-order chi connectivity index (χ0) is 14.7. The minimum absolute atomic E-state index is 0.142. The molecule has 1 heterocycles. The van der Waals surface area contributed by atoms with Crippen molar-refractivity contribution in [3.63, 3.8) is 0 Å². The lowest BCUT2D eigenvalue weighted by molar-refractivity contribution is 0.170. The zero-order valence-corrected chi connectivity index (χ0v) is 14.0. The largest absolute Gasteiger partial charge is 0.506 e. The molecule has 20 heavy (non-hydrogen) atoms. The molecule has 5 heteroatoms. The Hall–Kier alpha value is -0.550. The smallest absolute Gasteiger partial charge is 0.136 e. The van der Waals surface area contributed by atoms with Crippen LogP contribution in [0.25, 0.3) is 0 Å². The van der Waals surface area contributed by atoms with Gasteiger partial charge >= 0.3 is 0 Å². The fourth-order valence-electron chi connectivity index (χ4n) is 2.58. The number of hydrogen-bond donors (Lipinski definition) is 2. The first-order chi connectivity index (χ1) is 9.50. The Labute approximate surface area is 133 Å². The second-order valence-corrected chi connectivity index (χ2v) is 6.46. The van der Waals surface area contributed by atoms with E-state index in [-0.39, 0.29) is 11.8 Å². The molecule has 0 radical (unpaired) electrons. The molecule has 2 rings (SSSR count). The molecule has 0 aliphatic carbocycles. The van der Waals surface area contributed by atoms with E-state index < -0.39 is 0 Å². The molecule has 1 aromatic carbocycles. The van der Waals surface area contributed by atoms with Crippen molar-refractivity contribution in [3.8, 4) is 5.75 Å². The minimum atomic E-state index is 0.142. The molecular formula is C15H20BrClN2O. The number of hydrogen-bond acceptors (Lipinski definition) is 3. The van der Waals surface area contributed by atoms with Crippen molar-refractivity contribution in [2.45, 2.75) is 19.4 Å². The maximum Gasteiger partial charge on any atom is 0.136 e. The molecule has 110 valence electrons. The molecule has 1 saturated heterocycles. The number of halogens is 2. The number of phenolic OH excluding ortho intramolecular Hbond substituents is 1. The third kappa shape index (κ3) is 3.55. The van der Waals surface area contributed by atoms with E-state index >= 15 is 0 Å². The first-order valence-electron chi connectivity index (χ1n) is 6.76. The number of benzene rings is 1. The second kappa shape index (κ2) is 6.94. The second-order valence-electron chi connectivity index (χ2n) is 5.26. The van der Waals surface area contributed by atoms with Gasteiger partial charge in [0, 0.05) is 37.8 Å². The molecule has 0 saturated carbocycles. The Bertz CT molecular complexity index is 501. The topological polar surface area (TPSA) is 35.5 Å². The van der Waals surface area contributed by atoms with Crippen LogP contribution in [-0.2, 0) is 0 Å². The van der Waals surface area contributed by atoms with Gasteiger partial charge in [-0.3, -0.25) is 4.90 Å². The van der Waals surface area contributed by atoms with Crippen molar-refractivity contribution < 1.29 is 5.11 Å². The van der Waals surface area contributed by atoms with E-state index in [1.54, 1.807) is 0 Å². The summed E-state index contributed by atoms with van der Waals surface area (Å²) in [6, 6.07) is 3.88. The predicted molar refractivity (Wildman–Crippen MR) is 87.4 cm³/mol. The summed E-state index contributed by atoms with van der Waals surface area (Å²) in [5.41, 5.74) is 2.02. The summed E-state index contributed by atoms with van der Waals surface area (Å²) in [6.07, 6.45) is 0.835. The average Bonchev–Trinajstić information content (AvgIpc) is 2.44. The van der Waals surface area contributed by atoms with Gasteiger partial charge in [0.25, 0.3) is 0 Å². The van der Waals surface area contributed by atoms with Crippen LogP contribution in [0.3, 0.4) is 0 Å². The van der Waals surface area contributed by atoms with Crippen LogP contribution in [0.15, 0.2) is 28.8 Å². The number of phenols is 1. The Morgan fingerprint density at radius 3 is 2.75 bits per heavy atom. The van der Waals surface area contributed by atoms with E-state index in [1.165, 1.54) is 0 Å². The van der Waals surface area contributed by atoms with Crippen LogP contribution in [-0.4, -0.2) is 36.2 Å². The molecule has 0 unspecified atom stereocenters. The summed E-state index contributed by atoms with van der Waals surface area (Å²) in [7, 11) is 0. The third-order valence-electron chi connectivity index (χ3n) is 3.59. The monoisotopic (exact) mass is 358 g/mol. The number of aromatic hydroxyl groups is 1. The summed E-state index contributed by atoms with van der Waals surface area (Å²) in [4.78, 5) is 2.39. The predicted octanol–water partition coefficient (Wildman–Crippen LogP) is 3.72. The Morgan fingerprint density at radius 2 is 2.15 bits per heavy atom. The lowest BCUT2D eigenvalue weighted by atomic mass is 9.97. The van der Waals surface area contributed by atoms with Gasteiger partial charge in [-0.15, -0.1) is 6.58 Å². The first kappa shape index (κ1) is 15.8. The zero-order valence-electron chi connectivity index (χ0n) is 11.6. The number of rotatable bonds is 4. The van der Waals surface area contributed by atoms with Crippen LogP contribution >= 0.6 is 27.5 Å². The molecule has 0 spiro atoms. The third-order valence-corrected chi connectivity index (χ3v) is 4.94. The summed E-state index contributed by atoms with van der Waals surface area (Å²) < 4.78 is 0.568. The van der Waals surface area contributed by atoms with E-state index in [0.717, 1.165) is 43.7 Å². The average molecular weight is 360 g/mol. The van der Waals surface area contributed by atoms with Gasteiger partial charge in [-0.05, 0) is 35.3 Å². The van der Waals surface area contributed by atoms with Crippen molar-refractivity contribution in [2.75, 3.05) is 26.2 Å². The molecule has 1 fully saturated rings. The van der Waals surface area contributed by atoms with E-state index in [2.05, 4.69) is 32.7 Å². The maximum absolute atomic E-state index is 10.4. The maximum atomic E-state index is 10.4. The van der Waals surface area contributed by atoms with Crippen LogP contribution in [0.5, 0.6) is 5.75 Å². The van der Waals surface area contributed by atoms with Crippen molar-refractivity contribution in [2.24, 2.45) is 0 Å². The number of nitrogens with one attached hydrogen (secondary N) is 1. The van der Waals surface area contributed by atoms with E-state index in [4.69, 9.17) is 11.6 Å². The van der Waals surface area contributed by atoms with Crippen LogP contribution in [0.1, 0.15) is 24.9 Å². The van der Waals surface area contributed by atoms with Gasteiger partial charge in [0.1, 0.15) is 5.75 Å². The van der Waals surface area contributed by atoms with Gasteiger partial charge in [0.15, 0.2) is 0 Å². The van der Waals surface area contributed by atoms with E-state index in [1.807, 2.05) is 19.1 Å². The highest BCUT2D eigenvalue weighted by atomic mass is 79.9. The molecule has 2 N–H and O–H groups in total. The molecule has 1 atom stereocenters. The fourth-order valence-corrected chi connectivity index (χ4v) is 3.10. The number of nitrogens with zero attached hydrogens (tertiary/aromatic N) is 1. The number of piperazine rings is 1. The quantitative estimate of drug-likeness (QED) is 0.804. The fraction of sp³-hybridized carbons (Fsp3) is 0.467. The lowest BCUT2D eigenvalue weighted by Crippen LogP contribution is -2.45. The van der Waals surface area contributed by atoms with Crippen molar-refractivity contribution >= 4 is 27.5 Å². The molecule has 3 nitrogen and oxygen atoms in total. The molecule has 0 amide bonds. The summed E-state index contributed by atoms with van der Waals surface area (Å²) >= 11 is 9.39. The van der Waals surface area contributed by atoms with Crippen LogP contribution in [0.2, 0.25) is 5.02 Å². The summed E-state index contributed by atoms with van der Waals surface area (Å²) in [5.74, 6) is 0.238. The normalized spacial score (nSPS) is 17.9. The standard InChI is InChI=1S/C15H20BrClN2O/c1-10(2)9-13(19-7-5-18-6-8-19)11-3-4-12(17)14(16)15(11)20/h3-4,13,18,20H,1,5-9H2,2H3/t13-/m0/s1. The van der Waals surface area contributed by atoms with Crippen LogP contribution in [0, 0.1) is 0 Å². The molecule has 1 aliphatic heterocycles. The van der Waals surface area contributed by atoms with Crippen LogP contribution < -0.4 is 5.32 Å². The van der Waals surface area contributed by atoms with Crippen LogP contribution in [0.4, 0.5) is 0 Å². The van der Waals surface area contributed by atoms with Gasteiger partial charge in [-0.1, -0.05) is 23.2 Å². The van der Waals surface area contributed by atoms with Crippen molar-refractivity contribution in [1.29, 1.82) is 0 Å². The molecule has 1 aromatic rings. The Balaban J connectivity index is 2.35. The van der Waals surface area contributed by atoms with E-state index in [0.29, 0.717) is 9.50 Å². The van der Waals surface area contributed by atoms with Gasteiger partial charge in [-0.25, -0.2) is 0 Å². The first-order valence-corrected chi connectivity index (χ1v) is 7.94. The molecule has 0 bridgehead atoms. The lowest BCUT2D eigenvalue weighted by Gasteiger charge is -2.36. The van der Waals surface area contributed by atoms with Gasteiger partial charge < -0.3 is 10.4 Å². The van der Waals surface area contributed by atoms with E-state index in [9.17, 15) is 5.11 Å². The van der Waals surface area contributed by atoms with Crippen molar-refractivity contribution in [3.05, 3.63) is 39.3 Å². The Morgan fingerprint density at radius 1 is 1.50 bits per heavy atom. The molecule has 1 aliphatic rings.